The number of hydrogen-bond acceptors (Lipinski definition) is 6. The Morgan fingerprint density at radius 3 is 2.56 bits per heavy atom. The Hall–Kier alpha value is -3.66. The summed E-state index contributed by atoms with van der Waals surface area (Å²) in [6.45, 7) is 4.24. The van der Waals surface area contributed by atoms with Crippen LogP contribution in [0.15, 0.2) is 59.8 Å². The summed E-state index contributed by atoms with van der Waals surface area (Å²) < 4.78 is 14.4. The second-order valence-corrected chi connectivity index (χ2v) is 8.41. The van der Waals surface area contributed by atoms with Gasteiger partial charge in [0.2, 0.25) is 16.9 Å². The van der Waals surface area contributed by atoms with E-state index in [1.54, 1.807) is 18.2 Å². The molecular formula is C22H22FN7OS. The maximum atomic E-state index is 13.1. The molecule has 0 radical (unpaired) electrons. The quantitative estimate of drug-likeness (QED) is 0.289. The molecule has 0 fully saturated rings. The van der Waals surface area contributed by atoms with Crippen LogP contribution in [-0.4, -0.2) is 36.7 Å². The Bertz CT molecular complexity index is 1220. The highest BCUT2D eigenvalue weighted by Gasteiger charge is 2.16. The van der Waals surface area contributed by atoms with E-state index >= 15 is 0 Å². The van der Waals surface area contributed by atoms with E-state index < -0.39 is 0 Å². The molecule has 8 nitrogen and oxygen atoms in total. The van der Waals surface area contributed by atoms with Gasteiger partial charge in [-0.1, -0.05) is 37.7 Å². The van der Waals surface area contributed by atoms with Gasteiger partial charge in [0.25, 0.3) is 0 Å². The second kappa shape index (κ2) is 9.23. The monoisotopic (exact) mass is 451 g/mol. The maximum Gasteiger partial charge on any atom is 0.234 e. The molecule has 0 saturated carbocycles. The van der Waals surface area contributed by atoms with E-state index in [0.717, 1.165) is 11.3 Å². The van der Waals surface area contributed by atoms with Crippen molar-refractivity contribution in [2.45, 2.75) is 24.9 Å². The minimum atomic E-state index is -0.315. The predicted molar refractivity (Wildman–Crippen MR) is 123 cm³/mol. The number of nitrogens with zero attached hydrogens (tertiary/aromatic N) is 4. The zero-order valence-electron chi connectivity index (χ0n) is 17.5. The molecule has 0 aliphatic heterocycles. The Balaban J connectivity index is 1.39. The average molecular weight is 452 g/mol. The number of nitrogens with two attached hydrogens (primary N) is 1. The van der Waals surface area contributed by atoms with Gasteiger partial charge in [-0.15, -0.1) is 10.2 Å². The lowest BCUT2D eigenvalue weighted by molar-refractivity contribution is -0.113. The normalized spacial score (nSPS) is 11.1. The molecule has 0 atom stereocenters. The largest absolute Gasteiger partial charge is 0.335 e. The van der Waals surface area contributed by atoms with Crippen molar-refractivity contribution in [3.8, 4) is 22.8 Å². The first-order valence-electron chi connectivity index (χ1n) is 9.95. The highest BCUT2D eigenvalue weighted by Crippen LogP contribution is 2.25. The molecule has 4 rings (SSSR count). The summed E-state index contributed by atoms with van der Waals surface area (Å²) in [7, 11) is 0. The van der Waals surface area contributed by atoms with Gasteiger partial charge in [0, 0.05) is 11.3 Å². The SMILES string of the molecule is CC(C)c1ccc(NC(=O)CSc2nnc(-c3cc(-c4ccc(F)cc4)n[nH]3)n2N)cc1. The highest BCUT2D eigenvalue weighted by molar-refractivity contribution is 7.99. The van der Waals surface area contributed by atoms with Crippen molar-refractivity contribution >= 4 is 23.4 Å². The molecule has 164 valence electrons. The van der Waals surface area contributed by atoms with E-state index in [1.807, 2.05) is 24.3 Å². The number of rotatable bonds is 7. The third kappa shape index (κ3) is 4.80. The van der Waals surface area contributed by atoms with Crippen LogP contribution in [0.2, 0.25) is 0 Å². The standard InChI is InChI=1S/C22H22FN7OS/c1-13(2)14-5-9-17(10-6-14)25-20(31)12-32-22-29-28-21(30(22)24)19-11-18(26-27-19)15-3-7-16(23)8-4-15/h3-11,13H,12,24H2,1-2H3,(H,25,31)(H,26,27). The fourth-order valence-electron chi connectivity index (χ4n) is 3.04. The van der Waals surface area contributed by atoms with Crippen LogP contribution < -0.4 is 11.2 Å². The topological polar surface area (TPSA) is 115 Å². The first-order valence-corrected chi connectivity index (χ1v) is 10.9. The Morgan fingerprint density at radius 1 is 1.16 bits per heavy atom. The average Bonchev–Trinajstić information content (AvgIpc) is 3.40. The summed E-state index contributed by atoms with van der Waals surface area (Å²) in [6, 6.07) is 15.5. The molecule has 2 heterocycles. The third-order valence-electron chi connectivity index (χ3n) is 4.82. The van der Waals surface area contributed by atoms with Crippen LogP contribution in [0.4, 0.5) is 10.1 Å². The third-order valence-corrected chi connectivity index (χ3v) is 5.76. The molecule has 2 aromatic heterocycles. The Labute approximate surface area is 188 Å². The molecule has 0 aliphatic carbocycles. The lowest BCUT2D eigenvalue weighted by Gasteiger charge is -2.08. The fourth-order valence-corrected chi connectivity index (χ4v) is 3.70. The minimum absolute atomic E-state index is 0.130. The number of aromatic amines is 1. The van der Waals surface area contributed by atoms with Crippen molar-refractivity contribution in [2.24, 2.45) is 0 Å². The molecule has 0 unspecified atom stereocenters. The number of carbonyl (C=O) groups excluding carboxylic acids is 1. The van der Waals surface area contributed by atoms with Crippen molar-refractivity contribution in [2.75, 3.05) is 16.9 Å². The smallest absolute Gasteiger partial charge is 0.234 e. The molecule has 4 aromatic rings. The van der Waals surface area contributed by atoms with Gasteiger partial charge in [-0.25, -0.2) is 9.07 Å². The molecule has 10 heteroatoms. The number of nitrogen functional groups attached to an aromatic ring is 1. The highest BCUT2D eigenvalue weighted by atomic mass is 32.2. The molecule has 0 spiro atoms. The summed E-state index contributed by atoms with van der Waals surface area (Å²) >= 11 is 1.18. The van der Waals surface area contributed by atoms with Gasteiger partial charge in [-0.3, -0.25) is 9.89 Å². The lowest BCUT2D eigenvalue weighted by atomic mass is 10.0. The van der Waals surface area contributed by atoms with Crippen molar-refractivity contribution in [1.82, 2.24) is 25.1 Å². The van der Waals surface area contributed by atoms with Crippen molar-refractivity contribution in [3.63, 3.8) is 0 Å². The first kappa shape index (κ1) is 21.6. The number of halogens is 1. The Kier molecular flexibility index (Phi) is 6.22. The first-order chi connectivity index (χ1) is 15.4. The fraction of sp³-hybridized carbons (Fsp3) is 0.182. The molecular weight excluding hydrogens is 429 g/mol. The number of anilines is 1. The molecule has 1 amide bonds. The zero-order valence-corrected chi connectivity index (χ0v) is 18.4. The van der Waals surface area contributed by atoms with E-state index in [9.17, 15) is 9.18 Å². The van der Waals surface area contributed by atoms with E-state index in [-0.39, 0.29) is 17.5 Å². The molecule has 0 saturated heterocycles. The van der Waals surface area contributed by atoms with Crippen LogP contribution in [0.3, 0.4) is 0 Å². The van der Waals surface area contributed by atoms with Gasteiger partial charge in [-0.2, -0.15) is 5.10 Å². The van der Waals surface area contributed by atoms with E-state index in [4.69, 9.17) is 5.84 Å². The van der Waals surface area contributed by atoms with E-state index in [0.29, 0.717) is 28.3 Å². The number of nitrogens with one attached hydrogen (secondary N) is 2. The van der Waals surface area contributed by atoms with E-state index in [2.05, 4.69) is 39.6 Å². The van der Waals surface area contributed by atoms with Crippen LogP contribution in [0.5, 0.6) is 0 Å². The van der Waals surface area contributed by atoms with Crippen LogP contribution in [0, 0.1) is 5.82 Å². The van der Waals surface area contributed by atoms with Gasteiger partial charge >= 0.3 is 0 Å². The number of hydrogen-bond donors (Lipinski definition) is 3. The van der Waals surface area contributed by atoms with Gasteiger partial charge in [0.15, 0.2) is 0 Å². The predicted octanol–water partition coefficient (Wildman–Crippen LogP) is 4.04. The zero-order chi connectivity index (χ0) is 22.7. The Morgan fingerprint density at radius 2 is 1.88 bits per heavy atom. The summed E-state index contributed by atoms with van der Waals surface area (Å²) in [4.78, 5) is 12.3. The lowest BCUT2D eigenvalue weighted by Crippen LogP contribution is -2.16. The second-order valence-electron chi connectivity index (χ2n) is 7.46. The number of aromatic nitrogens is 5. The summed E-state index contributed by atoms with van der Waals surface area (Å²) in [6.07, 6.45) is 0. The molecule has 0 bridgehead atoms. The number of benzene rings is 2. The number of amides is 1. The molecule has 2 aromatic carbocycles. The summed E-state index contributed by atoms with van der Waals surface area (Å²) in [5.74, 6) is 6.58. The summed E-state index contributed by atoms with van der Waals surface area (Å²) in [5.41, 5.74) is 3.88. The van der Waals surface area contributed by atoms with Gasteiger partial charge in [0.1, 0.15) is 11.5 Å². The van der Waals surface area contributed by atoms with Crippen molar-refractivity contribution in [1.29, 1.82) is 0 Å². The van der Waals surface area contributed by atoms with Crippen molar-refractivity contribution < 1.29 is 9.18 Å². The maximum absolute atomic E-state index is 13.1. The van der Waals surface area contributed by atoms with Gasteiger partial charge in [-0.05, 0) is 53.9 Å². The number of carbonyl (C=O) groups is 1. The molecule has 4 N–H and O–H groups in total. The molecule has 0 aliphatic rings. The van der Waals surface area contributed by atoms with Gasteiger partial charge in [0.05, 0.1) is 11.4 Å². The molecule has 32 heavy (non-hydrogen) atoms. The van der Waals surface area contributed by atoms with E-state index in [1.165, 1.54) is 34.1 Å². The number of thioether (sulfide) groups is 1. The van der Waals surface area contributed by atoms with Gasteiger partial charge < -0.3 is 11.2 Å². The van der Waals surface area contributed by atoms with Crippen LogP contribution in [0.1, 0.15) is 25.3 Å². The minimum Gasteiger partial charge on any atom is -0.335 e. The summed E-state index contributed by atoms with van der Waals surface area (Å²) in [5, 5.41) is 18.5. The van der Waals surface area contributed by atoms with Crippen LogP contribution in [0.25, 0.3) is 22.8 Å². The number of H-pyrrole nitrogens is 1. The van der Waals surface area contributed by atoms with Crippen LogP contribution in [-0.2, 0) is 4.79 Å². The van der Waals surface area contributed by atoms with Crippen molar-refractivity contribution in [3.05, 3.63) is 66.0 Å². The van der Waals surface area contributed by atoms with Crippen LogP contribution >= 0.6 is 11.8 Å².